The topological polar surface area (TPSA) is 101 Å². The smallest absolute Gasteiger partial charge is 0.314 e. The summed E-state index contributed by atoms with van der Waals surface area (Å²) < 4.78 is 15.6. The number of carbonyl (C=O) groups excluding carboxylic acids is 1. The second-order valence-electron chi connectivity index (χ2n) is 6.82. The van der Waals surface area contributed by atoms with Crippen LogP contribution in [0.25, 0.3) is 33.5 Å². The largest absolute Gasteiger partial charge is 0.345 e. The van der Waals surface area contributed by atoms with Gasteiger partial charge in [-0.15, -0.1) is 0 Å². The van der Waals surface area contributed by atoms with Crippen molar-refractivity contribution in [1.82, 2.24) is 35.1 Å². The van der Waals surface area contributed by atoms with E-state index in [4.69, 9.17) is 11.6 Å². The van der Waals surface area contributed by atoms with Gasteiger partial charge in [0.25, 0.3) is 0 Å². The van der Waals surface area contributed by atoms with E-state index in [9.17, 15) is 9.18 Å². The van der Waals surface area contributed by atoms with Crippen LogP contribution in [0.1, 0.15) is 19.9 Å². The molecule has 2 amide bonds. The van der Waals surface area contributed by atoms with E-state index in [2.05, 4.69) is 30.6 Å². The Kier molecular flexibility index (Phi) is 4.83. The van der Waals surface area contributed by atoms with Crippen LogP contribution in [0.3, 0.4) is 0 Å². The zero-order chi connectivity index (χ0) is 20.7. The maximum absolute atomic E-state index is 13.7. The number of H-pyrrole nitrogens is 1. The van der Waals surface area contributed by atoms with Gasteiger partial charge >= 0.3 is 6.03 Å². The average molecular weight is 416 g/mol. The van der Waals surface area contributed by atoms with Gasteiger partial charge in [0.2, 0.25) is 0 Å². The molecule has 4 aromatic rings. The number of nitrogens with zero attached hydrogens (tertiary/aromatic N) is 4. The van der Waals surface area contributed by atoms with E-state index in [0.29, 0.717) is 38.5 Å². The number of aromatic nitrogens is 5. The summed E-state index contributed by atoms with van der Waals surface area (Å²) >= 11 is 6.39. The molecule has 0 aromatic carbocycles. The molecule has 3 N–H and O–H groups in total. The fraction of sp³-hybridized carbons (Fsp3) is 0.263. The highest BCUT2D eigenvalue weighted by Crippen LogP contribution is 2.31. The number of aromatic amines is 1. The Balaban J connectivity index is 1.80. The molecule has 0 saturated carbocycles. The van der Waals surface area contributed by atoms with Gasteiger partial charge in [-0.1, -0.05) is 11.6 Å². The van der Waals surface area contributed by atoms with E-state index in [1.165, 1.54) is 6.07 Å². The standard InChI is InChI=1S/C19H19ClFN7O/c1-9(26-19(29)22-3)10(2)28-8-15(20)14-7-25-17(27-18(14)28)13-6-24-16-12(13)4-11(21)5-23-16/h4-10H,1-3H3,(H,23,24)(H2,22,26,29)/t9-,10-/m0/s1. The van der Waals surface area contributed by atoms with E-state index in [0.717, 1.165) is 6.20 Å². The minimum absolute atomic E-state index is 0.132. The summed E-state index contributed by atoms with van der Waals surface area (Å²) in [5.41, 5.74) is 1.81. The van der Waals surface area contributed by atoms with Crippen LogP contribution in [0.15, 0.2) is 30.9 Å². The van der Waals surface area contributed by atoms with Crippen molar-refractivity contribution >= 4 is 39.7 Å². The zero-order valence-corrected chi connectivity index (χ0v) is 16.8. The van der Waals surface area contributed by atoms with Crippen LogP contribution in [-0.2, 0) is 0 Å². The first kappa shape index (κ1) is 19.1. The second-order valence-corrected chi connectivity index (χ2v) is 7.23. The highest BCUT2D eigenvalue weighted by atomic mass is 35.5. The number of pyridine rings is 1. The van der Waals surface area contributed by atoms with Gasteiger partial charge in [-0.3, -0.25) is 0 Å². The molecule has 10 heteroatoms. The van der Waals surface area contributed by atoms with Crippen LogP contribution in [0.2, 0.25) is 5.02 Å². The minimum atomic E-state index is -0.437. The lowest BCUT2D eigenvalue weighted by atomic mass is 10.1. The summed E-state index contributed by atoms with van der Waals surface area (Å²) in [5, 5.41) is 7.20. The van der Waals surface area contributed by atoms with E-state index in [1.54, 1.807) is 25.6 Å². The first-order valence-electron chi connectivity index (χ1n) is 9.03. The van der Waals surface area contributed by atoms with Gasteiger partial charge in [-0.25, -0.2) is 24.1 Å². The molecule has 0 saturated heterocycles. The fourth-order valence-corrected chi connectivity index (χ4v) is 3.47. The Bertz CT molecular complexity index is 1220. The van der Waals surface area contributed by atoms with Crippen molar-refractivity contribution in [1.29, 1.82) is 0 Å². The van der Waals surface area contributed by atoms with E-state index in [-0.39, 0.29) is 18.1 Å². The van der Waals surface area contributed by atoms with Gasteiger partial charge < -0.3 is 20.2 Å². The number of carbonyl (C=O) groups is 1. The first-order valence-corrected chi connectivity index (χ1v) is 9.41. The summed E-state index contributed by atoms with van der Waals surface area (Å²) in [6, 6.07) is 0.806. The number of hydrogen-bond acceptors (Lipinski definition) is 4. The molecular formula is C19H19ClFN7O. The molecule has 0 aliphatic rings. The Morgan fingerprint density at radius 3 is 2.83 bits per heavy atom. The Labute approximate surface area is 170 Å². The molecule has 0 aliphatic heterocycles. The molecule has 150 valence electrons. The lowest BCUT2D eigenvalue weighted by Gasteiger charge is -2.23. The van der Waals surface area contributed by atoms with Crippen LogP contribution >= 0.6 is 11.6 Å². The fourth-order valence-electron chi connectivity index (χ4n) is 3.23. The van der Waals surface area contributed by atoms with Crippen molar-refractivity contribution in [2.24, 2.45) is 0 Å². The predicted molar refractivity (Wildman–Crippen MR) is 109 cm³/mol. The van der Waals surface area contributed by atoms with Gasteiger partial charge in [0, 0.05) is 42.6 Å². The Morgan fingerprint density at radius 1 is 1.28 bits per heavy atom. The lowest BCUT2D eigenvalue weighted by molar-refractivity contribution is 0.236. The molecule has 4 heterocycles. The third-order valence-electron chi connectivity index (χ3n) is 5.01. The average Bonchev–Trinajstić information content (AvgIpc) is 3.27. The maximum atomic E-state index is 13.7. The molecule has 2 atom stereocenters. The van der Waals surface area contributed by atoms with Crippen LogP contribution in [0.4, 0.5) is 9.18 Å². The third kappa shape index (κ3) is 3.38. The van der Waals surface area contributed by atoms with Crippen molar-refractivity contribution in [3.63, 3.8) is 0 Å². The van der Waals surface area contributed by atoms with Gasteiger partial charge in [0.05, 0.1) is 22.6 Å². The minimum Gasteiger partial charge on any atom is -0.345 e. The van der Waals surface area contributed by atoms with E-state index in [1.807, 2.05) is 18.4 Å². The Morgan fingerprint density at radius 2 is 2.07 bits per heavy atom. The third-order valence-corrected chi connectivity index (χ3v) is 5.31. The van der Waals surface area contributed by atoms with Crippen LogP contribution in [0.5, 0.6) is 0 Å². The van der Waals surface area contributed by atoms with E-state index >= 15 is 0 Å². The van der Waals surface area contributed by atoms with Crippen molar-refractivity contribution in [3.8, 4) is 11.4 Å². The monoisotopic (exact) mass is 415 g/mol. The van der Waals surface area contributed by atoms with Gasteiger partial charge in [-0.05, 0) is 19.9 Å². The Hall–Kier alpha value is -3.20. The van der Waals surface area contributed by atoms with Crippen molar-refractivity contribution < 1.29 is 9.18 Å². The second kappa shape index (κ2) is 7.32. The number of halogens is 2. The summed E-state index contributed by atoms with van der Waals surface area (Å²) in [4.78, 5) is 27.8. The summed E-state index contributed by atoms with van der Waals surface area (Å²) in [6.45, 7) is 3.86. The molecule has 0 bridgehead atoms. The van der Waals surface area contributed by atoms with Gasteiger partial charge in [0.1, 0.15) is 17.1 Å². The van der Waals surface area contributed by atoms with Crippen LogP contribution in [0, 0.1) is 5.82 Å². The molecule has 4 rings (SSSR count). The van der Waals surface area contributed by atoms with Crippen molar-refractivity contribution in [3.05, 3.63) is 41.7 Å². The molecule has 0 unspecified atom stereocenters. The maximum Gasteiger partial charge on any atom is 0.314 e. The number of fused-ring (bicyclic) bond motifs is 2. The lowest BCUT2D eigenvalue weighted by Crippen LogP contribution is -2.42. The van der Waals surface area contributed by atoms with Crippen molar-refractivity contribution in [2.45, 2.75) is 25.9 Å². The molecule has 0 radical (unpaired) electrons. The quantitative estimate of drug-likeness (QED) is 0.473. The van der Waals surface area contributed by atoms with Crippen molar-refractivity contribution in [2.75, 3.05) is 7.05 Å². The summed E-state index contributed by atoms with van der Waals surface area (Å²) in [6.07, 6.45) is 6.27. The zero-order valence-electron chi connectivity index (χ0n) is 16.0. The number of urea groups is 1. The number of nitrogens with one attached hydrogen (secondary N) is 3. The van der Waals surface area contributed by atoms with Crippen LogP contribution in [-0.4, -0.2) is 43.6 Å². The highest BCUT2D eigenvalue weighted by Gasteiger charge is 2.21. The molecule has 0 aliphatic carbocycles. The molecule has 4 aromatic heterocycles. The van der Waals surface area contributed by atoms with Gasteiger partial charge in [-0.2, -0.15) is 0 Å². The summed E-state index contributed by atoms with van der Waals surface area (Å²) in [7, 11) is 1.56. The van der Waals surface area contributed by atoms with E-state index < -0.39 is 5.82 Å². The highest BCUT2D eigenvalue weighted by molar-refractivity contribution is 6.35. The first-order chi connectivity index (χ1) is 13.9. The molecule has 8 nitrogen and oxygen atoms in total. The normalized spacial score (nSPS) is 13.6. The molecule has 29 heavy (non-hydrogen) atoms. The van der Waals surface area contributed by atoms with Gasteiger partial charge in [0.15, 0.2) is 5.82 Å². The molecular weight excluding hydrogens is 397 g/mol. The predicted octanol–water partition coefficient (Wildman–Crippen LogP) is 3.65. The van der Waals surface area contributed by atoms with Crippen LogP contribution < -0.4 is 10.6 Å². The number of rotatable bonds is 4. The molecule has 0 fully saturated rings. The SMILES string of the molecule is CNC(=O)N[C@@H](C)[C@H](C)n1cc(Cl)c2cnc(-c3c[nH]c4ncc(F)cc34)nc21. The number of amides is 2. The number of hydrogen-bond donors (Lipinski definition) is 3. The summed E-state index contributed by atoms with van der Waals surface area (Å²) in [5.74, 6) is -0.0140. The molecule has 0 spiro atoms.